The van der Waals surface area contributed by atoms with E-state index in [4.69, 9.17) is 0 Å². The van der Waals surface area contributed by atoms with Gasteiger partial charge >= 0.3 is 0 Å². The number of nitrogens with zero attached hydrogens (tertiary/aromatic N) is 3. The molecule has 2 heterocycles. The van der Waals surface area contributed by atoms with Crippen LogP contribution in [-0.2, 0) is 0 Å². The first-order chi connectivity index (χ1) is 9.86. The number of likely N-dealkylation sites (N-methyl/N-ethyl adjacent to an activating group) is 1. The fourth-order valence-electron chi connectivity index (χ4n) is 3.12. The lowest BCUT2D eigenvalue weighted by Gasteiger charge is -2.37. The lowest BCUT2D eigenvalue weighted by atomic mass is 10.1. The third-order valence-corrected chi connectivity index (χ3v) is 4.46. The maximum Gasteiger partial charge on any atom is 0.128 e. The fraction of sp³-hybridized carbons (Fsp3) is 0.688. The summed E-state index contributed by atoms with van der Waals surface area (Å²) >= 11 is 0. The Morgan fingerprint density at radius 2 is 2.05 bits per heavy atom. The molecule has 4 nitrogen and oxygen atoms in total. The maximum absolute atomic E-state index is 4.45. The molecule has 1 N–H and O–H groups in total. The average molecular weight is 274 g/mol. The molecule has 1 aliphatic heterocycles. The molecule has 110 valence electrons. The quantitative estimate of drug-likeness (QED) is 0.853. The lowest BCUT2D eigenvalue weighted by molar-refractivity contribution is 0.220. The molecule has 0 spiro atoms. The van der Waals surface area contributed by atoms with Gasteiger partial charge in [-0.15, -0.1) is 0 Å². The van der Waals surface area contributed by atoms with E-state index in [-0.39, 0.29) is 0 Å². The molecule has 3 rings (SSSR count). The van der Waals surface area contributed by atoms with E-state index in [0.29, 0.717) is 6.04 Å². The van der Waals surface area contributed by atoms with Crippen LogP contribution in [0.4, 0.5) is 5.82 Å². The first-order valence-corrected chi connectivity index (χ1v) is 7.98. The Balaban J connectivity index is 1.48. The van der Waals surface area contributed by atoms with Crippen LogP contribution in [0, 0.1) is 5.92 Å². The van der Waals surface area contributed by atoms with Gasteiger partial charge in [0.1, 0.15) is 5.82 Å². The molecule has 0 bridgehead atoms. The minimum atomic E-state index is 0.710. The second-order valence-electron chi connectivity index (χ2n) is 5.98. The summed E-state index contributed by atoms with van der Waals surface area (Å²) < 4.78 is 0. The number of hydrogen-bond donors (Lipinski definition) is 1. The van der Waals surface area contributed by atoms with E-state index in [1.54, 1.807) is 0 Å². The highest BCUT2D eigenvalue weighted by atomic mass is 15.3. The van der Waals surface area contributed by atoms with E-state index < -0.39 is 0 Å². The van der Waals surface area contributed by atoms with Gasteiger partial charge in [-0.05, 0) is 37.4 Å². The van der Waals surface area contributed by atoms with Crippen molar-refractivity contribution in [3.05, 3.63) is 24.4 Å². The minimum absolute atomic E-state index is 0.710. The summed E-state index contributed by atoms with van der Waals surface area (Å²) in [6, 6.07) is 6.88. The number of anilines is 1. The van der Waals surface area contributed by atoms with Crippen molar-refractivity contribution in [3.63, 3.8) is 0 Å². The van der Waals surface area contributed by atoms with Crippen molar-refractivity contribution < 1.29 is 0 Å². The van der Waals surface area contributed by atoms with Crippen molar-refractivity contribution in [3.8, 4) is 0 Å². The molecule has 0 radical (unpaired) electrons. The third-order valence-electron chi connectivity index (χ3n) is 4.46. The highest BCUT2D eigenvalue weighted by molar-refractivity contribution is 5.38. The molecule has 1 aromatic heterocycles. The highest BCUT2D eigenvalue weighted by Gasteiger charge is 2.32. The van der Waals surface area contributed by atoms with Gasteiger partial charge in [0.25, 0.3) is 0 Å². The van der Waals surface area contributed by atoms with Gasteiger partial charge in [-0.2, -0.15) is 0 Å². The number of nitrogens with one attached hydrogen (secondary N) is 1. The molecule has 4 heteroatoms. The van der Waals surface area contributed by atoms with Crippen LogP contribution in [0.15, 0.2) is 24.4 Å². The second kappa shape index (κ2) is 6.55. The molecule has 2 fully saturated rings. The fourth-order valence-corrected chi connectivity index (χ4v) is 3.12. The molecule has 1 atom stereocenters. The van der Waals surface area contributed by atoms with Gasteiger partial charge in [0, 0.05) is 45.0 Å². The number of piperazine rings is 1. The van der Waals surface area contributed by atoms with E-state index in [0.717, 1.165) is 44.5 Å². The van der Waals surface area contributed by atoms with Gasteiger partial charge in [0.2, 0.25) is 0 Å². The van der Waals surface area contributed by atoms with Crippen molar-refractivity contribution >= 4 is 5.82 Å². The Bertz CT molecular complexity index is 396. The van der Waals surface area contributed by atoms with Gasteiger partial charge in [0.05, 0.1) is 0 Å². The molecule has 0 aromatic carbocycles. The Labute approximate surface area is 122 Å². The van der Waals surface area contributed by atoms with Crippen LogP contribution >= 0.6 is 0 Å². The SMILES string of the molecule is CCNC(CN1CCN(c2ccccn2)CC1)C1CC1. The van der Waals surface area contributed by atoms with Gasteiger partial charge in [0.15, 0.2) is 0 Å². The van der Waals surface area contributed by atoms with E-state index in [2.05, 4.69) is 39.2 Å². The van der Waals surface area contributed by atoms with Crippen LogP contribution in [0.3, 0.4) is 0 Å². The first-order valence-electron chi connectivity index (χ1n) is 7.98. The smallest absolute Gasteiger partial charge is 0.128 e. The summed E-state index contributed by atoms with van der Waals surface area (Å²) in [4.78, 5) is 9.47. The standard InChI is InChI=1S/C16H26N4/c1-2-17-15(14-6-7-14)13-19-9-11-20(12-10-19)16-5-3-4-8-18-16/h3-5,8,14-15,17H,2,6-7,9-13H2,1H3. The summed E-state index contributed by atoms with van der Waals surface area (Å²) in [5.74, 6) is 2.06. The Morgan fingerprint density at radius 1 is 1.25 bits per heavy atom. The van der Waals surface area contributed by atoms with Gasteiger partial charge in [-0.1, -0.05) is 13.0 Å². The summed E-state index contributed by atoms with van der Waals surface area (Å²) in [5.41, 5.74) is 0. The average Bonchev–Trinajstić information content (AvgIpc) is 3.33. The summed E-state index contributed by atoms with van der Waals surface area (Å²) in [5, 5.41) is 3.67. The predicted molar refractivity (Wildman–Crippen MR) is 83.1 cm³/mol. The minimum Gasteiger partial charge on any atom is -0.354 e. The van der Waals surface area contributed by atoms with Crippen molar-refractivity contribution in [2.24, 2.45) is 5.92 Å². The van der Waals surface area contributed by atoms with Crippen molar-refractivity contribution in [2.75, 3.05) is 44.2 Å². The van der Waals surface area contributed by atoms with Gasteiger partial charge in [-0.3, -0.25) is 4.90 Å². The van der Waals surface area contributed by atoms with Crippen LogP contribution < -0.4 is 10.2 Å². The van der Waals surface area contributed by atoms with Crippen molar-refractivity contribution in [1.82, 2.24) is 15.2 Å². The lowest BCUT2D eigenvalue weighted by Crippen LogP contribution is -2.51. The normalized spacial score (nSPS) is 21.9. The van der Waals surface area contributed by atoms with Gasteiger partial charge < -0.3 is 10.2 Å². The Hall–Kier alpha value is -1.13. The van der Waals surface area contributed by atoms with Crippen LogP contribution in [0.5, 0.6) is 0 Å². The molecule has 1 aliphatic carbocycles. The first kappa shape index (κ1) is 13.8. The summed E-state index contributed by atoms with van der Waals surface area (Å²) in [7, 11) is 0. The molecule has 2 aliphatic rings. The zero-order valence-corrected chi connectivity index (χ0v) is 12.5. The summed E-state index contributed by atoms with van der Waals surface area (Å²) in [6.45, 7) is 9.04. The highest BCUT2D eigenvalue weighted by Crippen LogP contribution is 2.33. The van der Waals surface area contributed by atoms with Crippen molar-refractivity contribution in [1.29, 1.82) is 0 Å². The predicted octanol–water partition coefficient (Wildman–Crippen LogP) is 1.59. The zero-order valence-electron chi connectivity index (χ0n) is 12.5. The largest absolute Gasteiger partial charge is 0.354 e. The monoisotopic (exact) mass is 274 g/mol. The molecular formula is C16H26N4. The van der Waals surface area contributed by atoms with Crippen LogP contribution in [0.25, 0.3) is 0 Å². The zero-order chi connectivity index (χ0) is 13.8. The van der Waals surface area contributed by atoms with Gasteiger partial charge in [-0.25, -0.2) is 4.98 Å². The van der Waals surface area contributed by atoms with Crippen LogP contribution in [0.1, 0.15) is 19.8 Å². The Morgan fingerprint density at radius 3 is 2.65 bits per heavy atom. The third kappa shape index (κ3) is 3.49. The van der Waals surface area contributed by atoms with E-state index >= 15 is 0 Å². The van der Waals surface area contributed by atoms with Crippen molar-refractivity contribution in [2.45, 2.75) is 25.8 Å². The molecule has 0 amide bonds. The number of aromatic nitrogens is 1. The molecular weight excluding hydrogens is 248 g/mol. The van der Waals surface area contributed by atoms with Crippen LogP contribution in [0.2, 0.25) is 0 Å². The van der Waals surface area contributed by atoms with E-state index in [1.165, 1.54) is 19.4 Å². The second-order valence-corrected chi connectivity index (χ2v) is 5.98. The topological polar surface area (TPSA) is 31.4 Å². The molecule has 1 unspecified atom stereocenters. The summed E-state index contributed by atoms with van der Waals surface area (Å²) in [6.07, 6.45) is 4.73. The number of hydrogen-bond acceptors (Lipinski definition) is 4. The van der Waals surface area contributed by atoms with E-state index in [1.807, 2.05) is 12.3 Å². The van der Waals surface area contributed by atoms with E-state index in [9.17, 15) is 0 Å². The van der Waals surface area contributed by atoms with Crippen LogP contribution in [-0.4, -0.2) is 55.2 Å². The molecule has 1 saturated carbocycles. The molecule has 20 heavy (non-hydrogen) atoms. The number of rotatable bonds is 6. The Kier molecular flexibility index (Phi) is 4.53. The number of pyridine rings is 1. The molecule has 1 saturated heterocycles. The maximum atomic E-state index is 4.45. The molecule has 1 aromatic rings.